The molecule has 1 heterocycles. The fourth-order valence-electron chi connectivity index (χ4n) is 2.65. The Balaban J connectivity index is 1.42. The summed E-state index contributed by atoms with van der Waals surface area (Å²) < 4.78 is 6.62. The molecule has 0 aliphatic carbocycles. The quantitative estimate of drug-likeness (QED) is 0.294. The van der Waals surface area contributed by atoms with E-state index in [1.54, 1.807) is 6.07 Å². The molecule has 138 valence electrons. The molecule has 0 radical (unpaired) electrons. The van der Waals surface area contributed by atoms with Crippen LogP contribution >= 0.6 is 27.7 Å². The molecule has 0 aliphatic heterocycles. The van der Waals surface area contributed by atoms with Gasteiger partial charge in [-0.3, -0.25) is 4.79 Å². The number of hydrogen-bond donors (Lipinski definition) is 1. The number of halogens is 1. The van der Waals surface area contributed by atoms with E-state index in [0.717, 1.165) is 25.2 Å². The second-order valence-electron chi connectivity index (χ2n) is 5.96. The van der Waals surface area contributed by atoms with Crippen LogP contribution in [0.25, 0.3) is 10.8 Å². The molecular formula is C22H15BrN2O2S. The summed E-state index contributed by atoms with van der Waals surface area (Å²) >= 11 is 5.00. The van der Waals surface area contributed by atoms with Gasteiger partial charge in [0.15, 0.2) is 5.09 Å². The van der Waals surface area contributed by atoms with Gasteiger partial charge in [-0.15, -0.1) is 0 Å². The molecule has 1 amide bonds. The molecule has 3 aromatic carbocycles. The number of hydrogen-bond acceptors (Lipinski definition) is 4. The van der Waals surface area contributed by atoms with Gasteiger partial charge in [0.25, 0.3) is 5.91 Å². The number of amides is 1. The van der Waals surface area contributed by atoms with Crippen molar-refractivity contribution in [2.24, 2.45) is 5.10 Å². The average Bonchev–Trinajstić information content (AvgIpc) is 3.07. The van der Waals surface area contributed by atoms with Crippen LogP contribution in [0.4, 0.5) is 0 Å². The number of nitrogens with one attached hydrogen (secondary N) is 1. The largest absolute Gasteiger partial charge is 0.447 e. The van der Waals surface area contributed by atoms with Gasteiger partial charge < -0.3 is 4.42 Å². The normalized spacial score (nSPS) is 11.2. The SMILES string of the molecule is O=C(N/N=C\c1cc(Br)c(Sc2ccccc2)o1)c1ccc2ccccc2c1. The van der Waals surface area contributed by atoms with E-state index in [1.165, 1.54) is 18.0 Å². The Morgan fingerprint density at radius 2 is 1.71 bits per heavy atom. The van der Waals surface area contributed by atoms with E-state index in [9.17, 15) is 4.79 Å². The molecule has 1 N–H and O–H groups in total. The summed E-state index contributed by atoms with van der Waals surface area (Å²) in [5, 5.41) is 6.84. The number of hydrazone groups is 1. The molecule has 0 saturated carbocycles. The third-order valence-corrected chi connectivity index (χ3v) is 5.85. The van der Waals surface area contributed by atoms with Gasteiger partial charge >= 0.3 is 0 Å². The van der Waals surface area contributed by atoms with Gasteiger partial charge in [0.05, 0.1) is 10.7 Å². The van der Waals surface area contributed by atoms with E-state index in [2.05, 4.69) is 26.5 Å². The summed E-state index contributed by atoms with van der Waals surface area (Å²) in [4.78, 5) is 13.4. The molecule has 0 fully saturated rings. The summed E-state index contributed by atoms with van der Waals surface area (Å²) in [7, 11) is 0. The lowest BCUT2D eigenvalue weighted by Gasteiger charge is -2.02. The Bertz CT molecular complexity index is 1160. The molecule has 0 unspecified atom stereocenters. The van der Waals surface area contributed by atoms with Crippen LogP contribution in [0.5, 0.6) is 0 Å². The Labute approximate surface area is 174 Å². The number of furan rings is 1. The maximum absolute atomic E-state index is 12.3. The number of benzene rings is 3. The van der Waals surface area contributed by atoms with E-state index < -0.39 is 0 Å². The first kappa shape index (κ1) is 18.5. The monoisotopic (exact) mass is 450 g/mol. The molecule has 4 aromatic rings. The minimum absolute atomic E-state index is 0.272. The van der Waals surface area contributed by atoms with Gasteiger partial charge in [0, 0.05) is 16.5 Å². The summed E-state index contributed by atoms with van der Waals surface area (Å²) in [6.07, 6.45) is 1.48. The number of fused-ring (bicyclic) bond motifs is 1. The van der Waals surface area contributed by atoms with Gasteiger partial charge in [0.1, 0.15) is 5.76 Å². The summed E-state index contributed by atoms with van der Waals surface area (Å²) in [6, 6.07) is 25.2. The standard InChI is InChI=1S/C22H15BrN2O2S/c23-20-13-18(27-22(20)28-19-8-2-1-3-9-19)14-24-25-21(26)17-11-10-15-6-4-5-7-16(15)12-17/h1-14H,(H,25,26)/b24-14-. The molecule has 4 rings (SSSR count). The first-order chi connectivity index (χ1) is 13.7. The molecular weight excluding hydrogens is 436 g/mol. The van der Waals surface area contributed by atoms with Crippen molar-refractivity contribution < 1.29 is 9.21 Å². The van der Waals surface area contributed by atoms with Crippen molar-refractivity contribution in [3.63, 3.8) is 0 Å². The lowest BCUT2D eigenvalue weighted by atomic mass is 10.1. The number of rotatable bonds is 5. The van der Waals surface area contributed by atoms with Gasteiger partial charge in [-0.2, -0.15) is 5.10 Å². The van der Waals surface area contributed by atoms with Crippen LogP contribution in [0.2, 0.25) is 0 Å². The predicted octanol–water partition coefficient (Wildman–Crippen LogP) is 6.11. The number of nitrogens with zero attached hydrogens (tertiary/aromatic N) is 1. The summed E-state index contributed by atoms with van der Waals surface area (Å²) in [6.45, 7) is 0. The van der Waals surface area contributed by atoms with Gasteiger partial charge in [-0.05, 0) is 51.0 Å². The summed E-state index contributed by atoms with van der Waals surface area (Å²) in [5.41, 5.74) is 3.09. The second-order valence-corrected chi connectivity index (χ2v) is 7.86. The van der Waals surface area contributed by atoms with Gasteiger partial charge in [0.2, 0.25) is 0 Å². The second kappa shape index (κ2) is 8.46. The highest BCUT2D eigenvalue weighted by Gasteiger charge is 2.10. The molecule has 0 atom stereocenters. The van der Waals surface area contributed by atoms with Crippen LogP contribution in [0.1, 0.15) is 16.1 Å². The van der Waals surface area contributed by atoms with E-state index >= 15 is 0 Å². The molecule has 0 aliphatic rings. The highest BCUT2D eigenvalue weighted by Crippen LogP contribution is 2.35. The van der Waals surface area contributed by atoms with E-state index in [-0.39, 0.29) is 5.91 Å². The van der Waals surface area contributed by atoms with Crippen molar-refractivity contribution in [3.05, 3.63) is 94.7 Å². The van der Waals surface area contributed by atoms with Crippen molar-refractivity contribution in [3.8, 4) is 0 Å². The zero-order valence-corrected chi connectivity index (χ0v) is 17.0. The Hall–Kier alpha value is -2.83. The molecule has 0 saturated heterocycles. The summed E-state index contributed by atoms with van der Waals surface area (Å²) in [5.74, 6) is 0.274. The van der Waals surface area contributed by atoms with Crippen molar-refractivity contribution in [2.75, 3.05) is 0 Å². The Morgan fingerprint density at radius 3 is 2.54 bits per heavy atom. The van der Waals surface area contributed by atoms with Crippen LogP contribution in [0.3, 0.4) is 0 Å². The number of carbonyl (C=O) groups is 1. The van der Waals surface area contributed by atoms with E-state index in [1.807, 2.05) is 72.8 Å². The van der Waals surface area contributed by atoms with Crippen LogP contribution in [-0.4, -0.2) is 12.1 Å². The van der Waals surface area contributed by atoms with Crippen molar-refractivity contribution in [1.82, 2.24) is 5.43 Å². The molecule has 6 heteroatoms. The first-order valence-corrected chi connectivity index (χ1v) is 10.1. The minimum atomic E-state index is -0.272. The van der Waals surface area contributed by atoms with Crippen molar-refractivity contribution in [2.45, 2.75) is 9.99 Å². The predicted molar refractivity (Wildman–Crippen MR) is 116 cm³/mol. The maximum atomic E-state index is 12.3. The highest BCUT2D eigenvalue weighted by molar-refractivity contribution is 9.10. The lowest BCUT2D eigenvalue weighted by molar-refractivity contribution is 0.0955. The van der Waals surface area contributed by atoms with E-state index in [0.29, 0.717) is 11.3 Å². The smallest absolute Gasteiger partial charge is 0.271 e. The van der Waals surface area contributed by atoms with Gasteiger partial charge in [-0.25, -0.2) is 5.43 Å². The van der Waals surface area contributed by atoms with Crippen LogP contribution < -0.4 is 5.43 Å². The number of carbonyl (C=O) groups excluding carboxylic acids is 1. The molecule has 4 nitrogen and oxygen atoms in total. The van der Waals surface area contributed by atoms with Gasteiger partial charge in [-0.1, -0.05) is 60.3 Å². The zero-order valence-electron chi connectivity index (χ0n) is 14.6. The van der Waals surface area contributed by atoms with Crippen molar-refractivity contribution in [1.29, 1.82) is 0 Å². The fourth-order valence-corrected chi connectivity index (χ4v) is 4.00. The van der Waals surface area contributed by atoms with E-state index in [4.69, 9.17) is 4.42 Å². The fraction of sp³-hybridized carbons (Fsp3) is 0. The molecule has 28 heavy (non-hydrogen) atoms. The minimum Gasteiger partial charge on any atom is -0.447 e. The third-order valence-electron chi connectivity index (χ3n) is 4.00. The first-order valence-electron chi connectivity index (χ1n) is 8.53. The van der Waals surface area contributed by atoms with Crippen molar-refractivity contribution >= 4 is 50.6 Å². The Morgan fingerprint density at radius 1 is 0.964 bits per heavy atom. The molecule has 0 bridgehead atoms. The van der Waals surface area contributed by atoms with Crippen LogP contribution in [0, 0.1) is 0 Å². The highest BCUT2D eigenvalue weighted by atomic mass is 79.9. The van der Waals surface area contributed by atoms with Crippen LogP contribution in [0.15, 0.2) is 103 Å². The topological polar surface area (TPSA) is 54.6 Å². The Kier molecular flexibility index (Phi) is 5.60. The lowest BCUT2D eigenvalue weighted by Crippen LogP contribution is -2.17. The third kappa shape index (κ3) is 4.35. The van der Waals surface area contributed by atoms with Crippen LogP contribution in [-0.2, 0) is 0 Å². The maximum Gasteiger partial charge on any atom is 0.271 e. The molecule has 0 spiro atoms. The average molecular weight is 451 g/mol. The zero-order chi connectivity index (χ0) is 19.3. The molecule has 1 aromatic heterocycles.